The second-order valence-electron chi connectivity index (χ2n) is 6.64. The molecule has 0 rings (SSSR count). The maximum absolute atomic E-state index is 11.7. The SMILES string of the molecule is CCCCC/C=C\CC(=O)CCCCCCCCCCCC. The lowest BCUT2D eigenvalue weighted by atomic mass is 10.0. The Morgan fingerprint density at radius 3 is 1.73 bits per heavy atom. The Labute approximate surface area is 140 Å². The van der Waals surface area contributed by atoms with Crippen LogP contribution in [0.5, 0.6) is 0 Å². The van der Waals surface area contributed by atoms with Crippen LogP contribution in [-0.4, -0.2) is 5.78 Å². The number of rotatable bonds is 17. The van der Waals surface area contributed by atoms with Gasteiger partial charge in [0.25, 0.3) is 0 Å². The summed E-state index contributed by atoms with van der Waals surface area (Å²) in [6, 6.07) is 0. The summed E-state index contributed by atoms with van der Waals surface area (Å²) >= 11 is 0. The maximum Gasteiger partial charge on any atom is 0.136 e. The van der Waals surface area contributed by atoms with E-state index < -0.39 is 0 Å². The molecule has 0 amide bonds. The first-order chi connectivity index (χ1) is 10.8. The number of allylic oxidation sites excluding steroid dienone is 2. The Balaban J connectivity index is 3.21. The monoisotopic (exact) mass is 308 g/mol. The van der Waals surface area contributed by atoms with E-state index in [1.165, 1.54) is 77.0 Å². The fraction of sp³-hybridized carbons (Fsp3) is 0.857. The summed E-state index contributed by atoms with van der Waals surface area (Å²) in [6.45, 7) is 4.49. The zero-order chi connectivity index (χ0) is 16.3. The van der Waals surface area contributed by atoms with Crippen LogP contribution >= 0.6 is 0 Å². The van der Waals surface area contributed by atoms with Crippen molar-refractivity contribution < 1.29 is 4.79 Å². The predicted molar refractivity (Wildman–Crippen MR) is 99.4 cm³/mol. The van der Waals surface area contributed by atoms with Crippen LogP contribution in [0.4, 0.5) is 0 Å². The van der Waals surface area contributed by atoms with Crippen molar-refractivity contribution >= 4 is 5.78 Å². The number of Topliss-reactive ketones (excluding diaryl/α,β-unsaturated/α-hetero) is 1. The molecule has 1 nitrogen and oxygen atoms in total. The van der Waals surface area contributed by atoms with Crippen LogP contribution in [0.3, 0.4) is 0 Å². The molecule has 0 radical (unpaired) electrons. The van der Waals surface area contributed by atoms with Crippen molar-refractivity contribution in [1.29, 1.82) is 0 Å². The van der Waals surface area contributed by atoms with Gasteiger partial charge < -0.3 is 0 Å². The van der Waals surface area contributed by atoms with Gasteiger partial charge >= 0.3 is 0 Å². The highest BCUT2D eigenvalue weighted by atomic mass is 16.1. The molecule has 0 aliphatic heterocycles. The number of ketones is 1. The van der Waals surface area contributed by atoms with E-state index in [9.17, 15) is 4.79 Å². The molecule has 0 spiro atoms. The van der Waals surface area contributed by atoms with Gasteiger partial charge in [-0.3, -0.25) is 4.79 Å². The number of hydrogen-bond acceptors (Lipinski definition) is 1. The van der Waals surface area contributed by atoms with Gasteiger partial charge in [0.15, 0.2) is 0 Å². The quantitative estimate of drug-likeness (QED) is 0.202. The van der Waals surface area contributed by atoms with Crippen molar-refractivity contribution in [3.8, 4) is 0 Å². The summed E-state index contributed by atoms with van der Waals surface area (Å²) < 4.78 is 0. The summed E-state index contributed by atoms with van der Waals surface area (Å²) in [5.74, 6) is 0.423. The van der Waals surface area contributed by atoms with E-state index in [0.717, 1.165) is 19.3 Å². The average Bonchev–Trinajstić information content (AvgIpc) is 2.52. The highest BCUT2D eigenvalue weighted by Gasteiger charge is 1.99. The first-order valence-electron chi connectivity index (χ1n) is 9.98. The zero-order valence-corrected chi connectivity index (χ0v) is 15.4. The molecular weight excluding hydrogens is 268 g/mol. The van der Waals surface area contributed by atoms with Gasteiger partial charge in [-0.1, -0.05) is 96.6 Å². The molecule has 1 heteroatoms. The Hall–Kier alpha value is -0.590. The van der Waals surface area contributed by atoms with Crippen molar-refractivity contribution in [2.24, 2.45) is 0 Å². The molecule has 0 heterocycles. The average molecular weight is 309 g/mol. The van der Waals surface area contributed by atoms with E-state index in [-0.39, 0.29) is 0 Å². The molecule has 130 valence electrons. The summed E-state index contributed by atoms with van der Waals surface area (Å²) in [7, 11) is 0. The predicted octanol–water partition coefficient (Wildman–Crippen LogP) is 7.39. The topological polar surface area (TPSA) is 17.1 Å². The van der Waals surface area contributed by atoms with Gasteiger partial charge in [0, 0.05) is 12.8 Å². The molecule has 0 N–H and O–H groups in total. The Morgan fingerprint density at radius 1 is 0.636 bits per heavy atom. The van der Waals surface area contributed by atoms with Gasteiger partial charge in [-0.05, 0) is 19.3 Å². The molecule has 0 fully saturated rings. The van der Waals surface area contributed by atoms with Crippen molar-refractivity contribution in [1.82, 2.24) is 0 Å². The lowest BCUT2D eigenvalue weighted by molar-refractivity contribution is -0.118. The standard InChI is InChI=1S/C21H40O/c1-3-5-7-9-11-12-13-14-16-18-20-21(22)19-17-15-10-8-6-4-2/h15,17H,3-14,16,18-20H2,1-2H3/b17-15-. The summed E-state index contributed by atoms with van der Waals surface area (Å²) in [4.78, 5) is 11.7. The number of hydrogen-bond donors (Lipinski definition) is 0. The molecule has 22 heavy (non-hydrogen) atoms. The highest BCUT2D eigenvalue weighted by Crippen LogP contribution is 2.11. The molecule has 0 aromatic carbocycles. The zero-order valence-electron chi connectivity index (χ0n) is 15.4. The molecule has 0 unspecified atom stereocenters. The van der Waals surface area contributed by atoms with Crippen molar-refractivity contribution in [2.45, 2.75) is 117 Å². The van der Waals surface area contributed by atoms with E-state index in [4.69, 9.17) is 0 Å². The van der Waals surface area contributed by atoms with E-state index in [0.29, 0.717) is 12.2 Å². The fourth-order valence-electron chi connectivity index (χ4n) is 2.76. The van der Waals surface area contributed by atoms with Crippen molar-refractivity contribution in [3.05, 3.63) is 12.2 Å². The van der Waals surface area contributed by atoms with Crippen LogP contribution in [0.1, 0.15) is 117 Å². The van der Waals surface area contributed by atoms with Crippen molar-refractivity contribution in [3.63, 3.8) is 0 Å². The summed E-state index contributed by atoms with van der Waals surface area (Å²) in [5.41, 5.74) is 0. The van der Waals surface area contributed by atoms with Crippen molar-refractivity contribution in [2.75, 3.05) is 0 Å². The van der Waals surface area contributed by atoms with Gasteiger partial charge in [0.05, 0.1) is 0 Å². The third kappa shape index (κ3) is 17.5. The third-order valence-corrected chi connectivity index (χ3v) is 4.30. The minimum Gasteiger partial charge on any atom is -0.299 e. The normalized spacial score (nSPS) is 11.4. The van der Waals surface area contributed by atoms with Gasteiger partial charge in [-0.2, -0.15) is 0 Å². The molecule has 0 aliphatic rings. The molecule has 0 saturated heterocycles. The van der Waals surface area contributed by atoms with Crippen LogP contribution in [-0.2, 0) is 4.79 Å². The van der Waals surface area contributed by atoms with Crippen LogP contribution in [0.2, 0.25) is 0 Å². The first-order valence-corrected chi connectivity index (χ1v) is 9.98. The molecular formula is C21H40O. The lowest BCUT2D eigenvalue weighted by Gasteiger charge is -2.02. The number of carbonyl (C=O) groups is 1. The lowest BCUT2D eigenvalue weighted by Crippen LogP contribution is -1.95. The van der Waals surface area contributed by atoms with E-state index in [1.807, 2.05) is 0 Å². The number of unbranched alkanes of at least 4 members (excludes halogenated alkanes) is 12. The smallest absolute Gasteiger partial charge is 0.136 e. The summed E-state index contributed by atoms with van der Waals surface area (Å²) in [6.07, 6.45) is 24.0. The fourth-order valence-corrected chi connectivity index (χ4v) is 2.76. The third-order valence-electron chi connectivity index (χ3n) is 4.30. The Morgan fingerprint density at radius 2 is 1.14 bits per heavy atom. The first kappa shape index (κ1) is 21.4. The van der Waals surface area contributed by atoms with Gasteiger partial charge in [0.2, 0.25) is 0 Å². The molecule has 0 atom stereocenters. The molecule has 0 aromatic rings. The van der Waals surface area contributed by atoms with Crippen LogP contribution in [0.15, 0.2) is 12.2 Å². The van der Waals surface area contributed by atoms with Gasteiger partial charge in [-0.25, -0.2) is 0 Å². The maximum atomic E-state index is 11.7. The molecule has 0 aliphatic carbocycles. The minimum absolute atomic E-state index is 0.423. The van der Waals surface area contributed by atoms with E-state index in [2.05, 4.69) is 26.0 Å². The Bertz CT molecular complexity index is 255. The molecule has 0 aromatic heterocycles. The van der Waals surface area contributed by atoms with Crippen LogP contribution in [0.25, 0.3) is 0 Å². The molecule has 0 saturated carbocycles. The second-order valence-corrected chi connectivity index (χ2v) is 6.64. The largest absolute Gasteiger partial charge is 0.299 e. The molecule has 0 bridgehead atoms. The van der Waals surface area contributed by atoms with E-state index in [1.54, 1.807) is 0 Å². The van der Waals surface area contributed by atoms with Gasteiger partial charge in [0.1, 0.15) is 5.78 Å². The van der Waals surface area contributed by atoms with E-state index >= 15 is 0 Å². The highest BCUT2D eigenvalue weighted by molar-refractivity contribution is 5.79. The Kier molecular flexibility index (Phi) is 18.0. The summed E-state index contributed by atoms with van der Waals surface area (Å²) in [5, 5.41) is 0. The minimum atomic E-state index is 0.423. The second kappa shape index (κ2) is 18.5. The van der Waals surface area contributed by atoms with Crippen LogP contribution < -0.4 is 0 Å². The van der Waals surface area contributed by atoms with Gasteiger partial charge in [-0.15, -0.1) is 0 Å². The number of carbonyl (C=O) groups excluding carboxylic acids is 1. The van der Waals surface area contributed by atoms with Crippen LogP contribution in [0, 0.1) is 0 Å².